The predicted octanol–water partition coefficient (Wildman–Crippen LogP) is 7.44. The second kappa shape index (κ2) is 8.29. The molecule has 0 aliphatic carbocycles. The van der Waals surface area contributed by atoms with Gasteiger partial charge in [0.2, 0.25) is 0 Å². The molecular weight excluding hydrogens is 466 g/mol. The van der Waals surface area contributed by atoms with Crippen LogP contribution in [-0.4, -0.2) is 14.7 Å². The van der Waals surface area contributed by atoms with Crippen LogP contribution in [0, 0.1) is 10.1 Å². The highest BCUT2D eigenvalue weighted by atomic mass is 35.5. The van der Waals surface area contributed by atoms with Crippen LogP contribution < -0.4 is 0 Å². The molecule has 5 nitrogen and oxygen atoms in total. The number of nitro groups is 1. The third kappa shape index (κ3) is 4.32. The number of aromatic nitrogens is 2. The van der Waals surface area contributed by atoms with Crippen molar-refractivity contribution in [1.82, 2.24) is 9.78 Å². The number of rotatable bonds is 4. The molecule has 0 radical (unpaired) electrons. The number of nitro benzene ring substituents is 1. The average Bonchev–Trinajstić information content (AvgIpc) is 3.19. The number of halogens is 5. The fraction of sp³-hybridized carbons (Fsp3) is 0.0455. The number of hydrogen-bond donors (Lipinski definition) is 0. The molecule has 0 amide bonds. The van der Waals surface area contributed by atoms with Gasteiger partial charge in [0.25, 0.3) is 5.69 Å². The van der Waals surface area contributed by atoms with Gasteiger partial charge >= 0.3 is 6.18 Å². The molecule has 0 bridgehead atoms. The standard InChI is InChI=1S/C22H12Cl2F3N3O2/c23-16-6-1-13(2-7-16)18-12-20(14-3-8-17(24)9-4-14)29(28-18)19-10-5-15(22(25,26)27)11-21(19)30(31)32/h1-12H. The monoisotopic (exact) mass is 477 g/mol. The molecule has 4 aromatic rings. The van der Waals surface area contributed by atoms with E-state index in [1.54, 1.807) is 54.6 Å². The molecule has 0 atom stereocenters. The molecule has 0 unspecified atom stereocenters. The molecule has 4 rings (SSSR count). The maximum absolute atomic E-state index is 13.1. The Labute approximate surface area is 189 Å². The van der Waals surface area contributed by atoms with Gasteiger partial charge < -0.3 is 0 Å². The van der Waals surface area contributed by atoms with Crippen molar-refractivity contribution in [1.29, 1.82) is 0 Å². The lowest BCUT2D eigenvalue weighted by atomic mass is 10.1. The molecule has 0 saturated heterocycles. The van der Waals surface area contributed by atoms with Crippen molar-refractivity contribution in [2.24, 2.45) is 0 Å². The van der Waals surface area contributed by atoms with E-state index in [1.807, 2.05) is 0 Å². The zero-order valence-electron chi connectivity index (χ0n) is 16.0. The lowest BCUT2D eigenvalue weighted by molar-refractivity contribution is -0.384. The highest BCUT2D eigenvalue weighted by Gasteiger charge is 2.33. The molecule has 0 aliphatic heterocycles. The first-order chi connectivity index (χ1) is 15.1. The Morgan fingerprint density at radius 1 is 0.844 bits per heavy atom. The van der Waals surface area contributed by atoms with E-state index < -0.39 is 22.4 Å². The van der Waals surface area contributed by atoms with E-state index in [0.717, 1.165) is 12.1 Å². The Bertz CT molecular complexity index is 1300. The first kappa shape index (κ1) is 21.9. The third-order valence-corrected chi connectivity index (χ3v) is 5.22. The van der Waals surface area contributed by atoms with Crippen molar-refractivity contribution >= 4 is 28.9 Å². The van der Waals surface area contributed by atoms with Crippen LogP contribution in [-0.2, 0) is 6.18 Å². The summed E-state index contributed by atoms with van der Waals surface area (Å²) < 4.78 is 40.7. The summed E-state index contributed by atoms with van der Waals surface area (Å²) in [6.07, 6.45) is -4.72. The maximum Gasteiger partial charge on any atom is 0.416 e. The zero-order chi connectivity index (χ0) is 23.0. The third-order valence-electron chi connectivity index (χ3n) is 4.72. The van der Waals surface area contributed by atoms with E-state index in [-0.39, 0.29) is 5.69 Å². The van der Waals surface area contributed by atoms with Gasteiger partial charge in [0.05, 0.1) is 21.9 Å². The summed E-state index contributed by atoms with van der Waals surface area (Å²) in [6.45, 7) is 0. The molecule has 1 heterocycles. The van der Waals surface area contributed by atoms with Gasteiger partial charge in [-0.3, -0.25) is 10.1 Å². The molecule has 32 heavy (non-hydrogen) atoms. The van der Waals surface area contributed by atoms with E-state index in [9.17, 15) is 23.3 Å². The normalized spacial score (nSPS) is 11.5. The van der Waals surface area contributed by atoms with Crippen molar-refractivity contribution in [3.63, 3.8) is 0 Å². The van der Waals surface area contributed by atoms with Crippen molar-refractivity contribution < 1.29 is 18.1 Å². The molecule has 0 N–H and O–H groups in total. The SMILES string of the molecule is O=[N+]([O-])c1cc(C(F)(F)F)ccc1-n1nc(-c2ccc(Cl)cc2)cc1-c1ccc(Cl)cc1. The minimum atomic E-state index is -4.72. The van der Waals surface area contributed by atoms with E-state index in [2.05, 4.69) is 5.10 Å². The number of alkyl halides is 3. The Kier molecular flexibility index (Phi) is 5.66. The van der Waals surface area contributed by atoms with Gasteiger partial charge in [0.15, 0.2) is 0 Å². The summed E-state index contributed by atoms with van der Waals surface area (Å²) in [5.74, 6) is 0. The molecule has 1 aromatic heterocycles. The van der Waals surface area contributed by atoms with E-state index in [0.29, 0.717) is 38.6 Å². The van der Waals surface area contributed by atoms with Gasteiger partial charge in [0, 0.05) is 27.2 Å². The fourth-order valence-electron chi connectivity index (χ4n) is 3.18. The van der Waals surface area contributed by atoms with Crippen molar-refractivity contribution in [3.8, 4) is 28.2 Å². The van der Waals surface area contributed by atoms with Gasteiger partial charge in [-0.15, -0.1) is 0 Å². The largest absolute Gasteiger partial charge is 0.416 e. The van der Waals surface area contributed by atoms with Crippen LogP contribution in [0.25, 0.3) is 28.2 Å². The highest BCUT2D eigenvalue weighted by Crippen LogP contribution is 2.37. The minimum Gasteiger partial charge on any atom is -0.258 e. The molecule has 0 aliphatic rings. The summed E-state index contributed by atoms with van der Waals surface area (Å²) >= 11 is 11.9. The van der Waals surface area contributed by atoms with Gasteiger partial charge in [-0.2, -0.15) is 18.3 Å². The van der Waals surface area contributed by atoms with Gasteiger partial charge in [-0.1, -0.05) is 47.5 Å². The van der Waals surface area contributed by atoms with Crippen LogP contribution in [0.5, 0.6) is 0 Å². The lowest BCUT2D eigenvalue weighted by Crippen LogP contribution is -2.09. The average molecular weight is 478 g/mol. The quantitative estimate of drug-likeness (QED) is 0.226. The molecule has 0 spiro atoms. The van der Waals surface area contributed by atoms with E-state index in [4.69, 9.17) is 23.2 Å². The second-order valence-corrected chi connectivity index (χ2v) is 7.67. The van der Waals surface area contributed by atoms with Crippen LogP contribution in [0.1, 0.15) is 5.56 Å². The summed E-state index contributed by atoms with van der Waals surface area (Å²) in [7, 11) is 0. The van der Waals surface area contributed by atoms with Gasteiger partial charge in [-0.05, 0) is 42.5 Å². The van der Waals surface area contributed by atoms with E-state index in [1.165, 1.54) is 4.68 Å². The molecule has 0 fully saturated rings. The summed E-state index contributed by atoms with van der Waals surface area (Å²) in [4.78, 5) is 10.8. The topological polar surface area (TPSA) is 61.0 Å². The van der Waals surface area contributed by atoms with Crippen LogP contribution >= 0.6 is 23.2 Å². The van der Waals surface area contributed by atoms with Crippen LogP contribution in [0.2, 0.25) is 10.0 Å². The molecular formula is C22H12Cl2F3N3O2. The zero-order valence-corrected chi connectivity index (χ0v) is 17.5. The summed E-state index contributed by atoms with van der Waals surface area (Å²) in [5, 5.41) is 17.1. The van der Waals surface area contributed by atoms with Crippen LogP contribution in [0.4, 0.5) is 18.9 Å². The fourth-order valence-corrected chi connectivity index (χ4v) is 3.43. The Morgan fingerprint density at radius 3 is 1.94 bits per heavy atom. The Balaban J connectivity index is 1.96. The Hall–Kier alpha value is -3.36. The summed E-state index contributed by atoms with van der Waals surface area (Å²) in [6, 6.07) is 17.5. The van der Waals surface area contributed by atoms with Crippen molar-refractivity contribution in [3.05, 3.63) is 98.5 Å². The smallest absolute Gasteiger partial charge is 0.258 e. The minimum absolute atomic E-state index is 0.104. The van der Waals surface area contributed by atoms with Gasteiger partial charge in [0.1, 0.15) is 5.69 Å². The molecule has 0 saturated carbocycles. The number of benzene rings is 3. The predicted molar refractivity (Wildman–Crippen MR) is 116 cm³/mol. The van der Waals surface area contributed by atoms with Crippen LogP contribution in [0.3, 0.4) is 0 Å². The lowest BCUT2D eigenvalue weighted by Gasteiger charge is -2.11. The van der Waals surface area contributed by atoms with E-state index >= 15 is 0 Å². The second-order valence-electron chi connectivity index (χ2n) is 6.80. The first-order valence-electron chi connectivity index (χ1n) is 9.11. The van der Waals surface area contributed by atoms with Crippen LogP contribution in [0.15, 0.2) is 72.8 Å². The number of nitrogens with zero attached hydrogens (tertiary/aromatic N) is 3. The molecule has 3 aromatic carbocycles. The summed E-state index contributed by atoms with van der Waals surface area (Å²) in [5.41, 5.74) is 0.254. The number of hydrogen-bond acceptors (Lipinski definition) is 3. The highest BCUT2D eigenvalue weighted by molar-refractivity contribution is 6.30. The Morgan fingerprint density at radius 2 is 1.41 bits per heavy atom. The molecule has 10 heteroatoms. The first-order valence-corrected chi connectivity index (χ1v) is 9.87. The maximum atomic E-state index is 13.1. The van der Waals surface area contributed by atoms with Gasteiger partial charge in [-0.25, -0.2) is 4.68 Å². The molecule has 162 valence electrons. The van der Waals surface area contributed by atoms with Crippen molar-refractivity contribution in [2.75, 3.05) is 0 Å². The van der Waals surface area contributed by atoms with Crippen molar-refractivity contribution in [2.45, 2.75) is 6.18 Å².